The molecule has 2 aromatic rings. The van der Waals surface area contributed by atoms with Gasteiger partial charge < -0.3 is 9.80 Å². The molecule has 30 heavy (non-hydrogen) atoms. The highest BCUT2D eigenvalue weighted by Crippen LogP contribution is 2.42. The Kier molecular flexibility index (Phi) is 5.31. The first-order valence-electron chi connectivity index (χ1n) is 11.1. The maximum atomic E-state index is 13.6. The average molecular weight is 406 g/mol. The molecule has 3 saturated heterocycles. The highest BCUT2D eigenvalue weighted by atomic mass is 16.2. The zero-order valence-electron chi connectivity index (χ0n) is 17.8. The van der Waals surface area contributed by atoms with Crippen LogP contribution < -0.4 is 0 Å². The summed E-state index contributed by atoms with van der Waals surface area (Å²) in [6, 6.07) is 16.6. The van der Waals surface area contributed by atoms with E-state index in [1.165, 1.54) is 5.56 Å². The lowest BCUT2D eigenvalue weighted by atomic mass is 9.93. The van der Waals surface area contributed by atoms with E-state index in [0.717, 1.165) is 57.8 Å². The molecule has 0 bridgehead atoms. The zero-order chi connectivity index (χ0) is 20.6. The predicted octanol–water partition coefficient (Wildman–Crippen LogP) is 2.03. The monoisotopic (exact) mass is 405 g/mol. The maximum Gasteiger partial charge on any atom is 0.243 e. The summed E-state index contributed by atoms with van der Waals surface area (Å²) in [5.74, 6) is 0.309. The van der Waals surface area contributed by atoms with Gasteiger partial charge in [-0.05, 0) is 37.6 Å². The number of nitrogens with zero attached hydrogens (tertiary/aromatic N) is 5. The third-order valence-electron chi connectivity index (χ3n) is 7.12. The molecule has 6 heteroatoms. The van der Waals surface area contributed by atoms with E-state index >= 15 is 0 Å². The molecule has 0 N–H and O–H groups in total. The Morgan fingerprint density at radius 2 is 1.73 bits per heavy atom. The van der Waals surface area contributed by atoms with Gasteiger partial charge in [-0.3, -0.25) is 19.6 Å². The first kappa shape index (κ1) is 19.7. The van der Waals surface area contributed by atoms with Crippen LogP contribution in [0.15, 0.2) is 54.7 Å². The van der Waals surface area contributed by atoms with Crippen LogP contribution in [-0.4, -0.2) is 82.0 Å². The average Bonchev–Trinajstić information content (AvgIpc) is 2.99. The minimum Gasteiger partial charge on any atom is -0.318 e. The number of rotatable bonds is 4. The number of carbonyl (C=O) groups excluding carboxylic acids is 1. The van der Waals surface area contributed by atoms with E-state index in [0.29, 0.717) is 12.5 Å². The van der Waals surface area contributed by atoms with Crippen molar-refractivity contribution < 1.29 is 4.79 Å². The zero-order valence-corrected chi connectivity index (χ0v) is 17.8. The molecule has 0 radical (unpaired) electrons. The fourth-order valence-corrected chi connectivity index (χ4v) is 5.51. The summed E-state index contributed by atoms with van der Waals surface area (Å²) in [4.78, 5) is 27.6. The lowest BCUT2D eigenvalue weighted by Gasteiger charge is -2.50. The van der Waals surface area contributed by atoms with Gasteiger partial charge in [0.2, 0.25) is 5.91 Å². The van der Waals surface area contributed by atoms with Crippen LogP contribution in [0, 0.1) is 0 Å². The number of likely N-dealkylation sites (tertiary alicyclic amines) is 1. The summed E-state index contributed by atoms with van der Waals surface area (Å²) in [7, 11) is 2.13. The lowest BCUT2D eigenvalue weighted by Crippen LogP contribution is -2.63. The molecule has 0 saturated carbocycles. The van der Waals surface area contributed by atoms with Crippen LogP contribution in [0.1, 0.15) is 24.1 Å². The first-order chi connectivity index (χ1) is 14.7. The van der Waals surface area contributed by atoms with Crippen molar-refractivity contribution in [3.8, 4) is 0 Å². The van der Waals surface area contributed by atoms with Crippen LogP contribution in [0.25, 0.3) is 0 Å². The van der Waals surface area contributed by atoms with Gasteiger partial charge in [-0.2, -0.15) is 0 Å². The van der Waals surface area contributed by atoms with Gasteiger partial charge >= 0.3 is 0 Å². The van der Waals surface area contributed by atoms with E-state index in [1.54, 1.807) is 0 Å². The number of piperazine rings is 1. The van der Waals surface area contributed by atoms with Gasteiger partial charge in [-0.25, -0.2) is 0 Å². The summed E-state index contributed by atoms with van der Waals surface area (Å²) < 4.78 is 0. The van der Waals surface area contributed by atoms with E-state index in [9.17, 15) is 4.79 Å². The van der Waals surface area contributed by atoms with E-state index < -0.39 is 0 Å². The van der Waals surface area contributed by atoms with Crippen LogP contribution in [0.3, 0.4) is 0 Å². The highest BCUT2D eigenvalue weighted by molar-refractivity contribution is 5.85. The second-order valence-electron chi connectivity index (χ2n) is 8.96. The molecule has 0 aliphatic carbocycles. The Morgan fingerprint density at radius 1 is 0.967 bits per heavy atom. The standard InChI is InChI=1S/C24H31N5O/c1-26-15-16-28-22(19-26)23(30)29(17-20-7-3-2-4-8-20)24(28)10-13-27(14-11-24)18-21-9-5-6-12-25-21/h2-9,12,22H,10-11,13-19H2,1H3/t22-/m1/s1. The van der Waals surface area contributed by atoms with Gasteiger partial charge in [0, 0.05) is 52.0 Å². The van der Waals surface area contributed by atoms with Crippen molar-refractivity contribution in [2.24, 2.45) is 0 Å². The van der Waals surface area contributed by atoms with Gasteiger partial charge in [-0.1, -0.05) is 36.4 Å². The minimum atomic E-state index is -0.153. The Bertz CT molecular complexity index is 866. The van der Waals surface area contributed by atoms with Crippen LogP contribution in [-0.2, 0) is 17.9 Å². The Labute approximate surface area is 179 Å². The minimum absolute atomic E-state index is 0.00481. The number of likely N-dealkylation sites (N-methyl/N-ethyl adjacent to an activating group) is 1. The van der Waals surface area contributed by atoms with Gasteiger partial charge in [0.25, 0.3) is 0 Å². The van der Waals surface area contributed by atoms with E-state index in [2.05, 4.69) is 68.0 Å². The summed E-state index contributed by atoms with van der Waals surface area (Å²) >= 11 is 0. The van der Waals surface area contributed by atoms with E-state index in [4.69, 9.17) is 0 Å². The number of hydrogen-bond acceptors (Lipinski definition) is 5. The molecule has 1 atom stereocenters. The second-order valence-corrected chi connectivity index (χ2v) is 8.96. The normalized spacial score (nSPS) is 25.0. The van der Waals surface area contributed by atoms with Gasteiger partial charge in [-0.15, -0.1) is 0 Å². The van der Waals surface area contributed by atoms with Crippen LogP contribution in [0.4, 0.5) is 0 Å². The van der Waals surface area contributed by atoms with Crippen molar-refractivity contribution in [1.82, 2.24) is 24.6 Å². The topological polar surface area (TPSA) is 42.9 Å². The molecule has 0 unspecified atom stereocenters. The number of piperidine rings is 1. The summed E-state index contributed by atoms with van der Waals surface area (Å²) in [5.41, 5.74) is 2.18. The molecule has 3 aliphatic rings. The molecule has 4 heterocycles. The molecule has 1 amide bonds. The fourth-order valence-electron chi connectivity index (χ4n) is 5.51. The first-order valence-corrected chi connectivity index (χ1v) is 11.1. The fraction of sp³-hybridized carbons (Fsp3) is 0.500. The van der Waals surface area contributed by atoms with Crippen LogP contribution in [0.5, 0.6) is 0 Å². The number of benzene rings is 1. The molecule has 5 rings (SSSR count). The SMILES string of the molecule is CN1CCN2[C@H](C1)C(=O)N(Cc1ccccc1)C21CCN(Cc2ccccn2)CC1. The molecule has 1 spiro atoms. The van der Waals surface area contributed by atoms with E-state index in [-0.39, 0.29) is 11.7 Å². The second kappa shape index (κ2) is 8.10. The van der Waals surface area contributed by atoms with Crippen molar-refractivity contribution >= 4 is 5.91 Å². The number of carbonyl (C=O) groups is 1. The number of hydrogen-bond donors (Lipinski definition) is 0. The van der Waals surface area contributed by atoms with Crippen LogP contribution >= 0.6 is 0 Å². The molecule has 6 nitrogen and oxygen atoms in total. The number of amides is 1. The summed E-state index contributed by atoms with van der Waals surface area (Å²) in [6.45, 7) is 6.42. The largest absolute Gasteiger partial charge is 0.318 e. The Hall–Kier alpha value is -2.28. The molecular formula is C24H31N5O. The van der Waals surface area contributed by atoms with Crippen molar-refractivity contribution in [3.63, 3.8) is 0 Å². The van der Waals surface area contributed by atoms with Crippen molar-refractivity contribution in [2.75, 3.05) is 39.8 Å². The summed E-state index contributed by atoms with van der Waals surface area (Å²) in [6.07, 6.45) is 3.87. The molecule has 158 valence electrons. The van der Waals surface area contributed by atoms with Crippen molar-refractivity contribution in [2.45, 2.75) is 37.6 Å². The van der Waals surface area contributed by atoms with Crippen LogP contribution in [0.2, 0.25) is 0 Å². The third kappa shape index (κ3) is 3.53. The molecule has 3 fully saturated rings. The highest BCUT2D eigenvalue weighted by Gasteiger charge is 2.58. The molecule has 1 aromatic carbocycles. The van der Waals surface area contributed by atoms with Gasteiger partial charge in [0.05, 0.1) is 11.4 Å². The van der Waals surface area contributed by atoms with Gasteiger partial charge in [0.15, 0.2) is 0 Å². The van der Waals surface area contributed by atoms with Crippen molar-refractivity contribution in [1.29, 1.82) is 0 Å². The Balaban J connectivity index is 1.38. The lowest BCUT2D eigenvalue weighted by molar-refractivity contribution is -0.135. The smallest absolute Gasteiger partial charge is 0.243 e. The molecular weight excluding hydrogens is 374 g/mol. The predicted molar refractivity (Wildman–Crippen MR) is 116 cm³/mol. The van der Waals surface area contributed by atoms with E-state index in [1.807, 2.05) is 18.3 Å². The number of fused-ring (bicyclic) bond motifs is 2. The Morgan fingerprint density at radius 3 is 2.47 bits per heavy atom. The summed E-state index contributed by atoms with van der Waals surface area (Å²) in [5, 5.41) is 0. The maximum absolute atomic E-state index is 13.6. The molecule has 3 aliphatic heterocycles. The van der Waals surface area contributed by atoms with Gasteiger partial charge in [0.1, 0.15) is 6.04 Å². The third-order valence-corrected chi connectivity index (χ3v) is 7.12. The quantitative estimate of drug-likeness (QED) is 0.779. The number of aromatic nitrogens is 1. The molecule has 1 aromatic heterocycles. The van der Waals surface area contributed by atoms with Crippen molar-refractivity contribution in [3.05, 3.63) is 66.0 Å². The number of pyridine rings is 1.